The standard InChI is InChI=1S/C12H12IN/c1-8(2)9-3-4-12(13)10-5-6-14-7-11(9)10/h3-8H,1-2H3. The van der Waals surface area contributed by atoms with Gasteiger partial charge in [-0.2, -0.15) is 0 Å². The highest BCUT2D eigenvalue weighted by Crippen LogP contribution is 2.27. The minimum Gasteiger partial charge on any atom is -0.264 e. The van der Waals surface area contributed by atoms with E-state index in [0.29, 0.717) is 5.92 Å². The van der Waals surface area contributed by atoms with Crippen molar-refractivity contribution < 1.29 is 0 Å². The molecule has 1 aromatic heterocycles. The van der Waals surface area contributed by atoms with Gasteiger partial charge in [0.05, 0.1) is 0 Å². The topological polar surface area (TPSA) is 12.9 Å². The number of rotatable bonds is 1. The van der Waals surface area contributed by atoms with Crippen LogP contribution >= 0.6 is 22.6 Å². The van der Waals surface area contributed by atoms with Crippen molar-refractivity contribution in [3.05, 3.63) is 39.7 Å². The van der Waals surface area contributed by atoms with Crippen molar-refractivity contribution in [3.8, 4) is 0 Å². The minimum atomic E-state index is 0.554. The molecular formula is C12H12IN. The number of aromatic nitrogens is 1. The summed E-state index contributed by atoms with van der Waals surface area (Å²) in [5, 5.41) is 2.60. The van der Waals surface area contributed by atoms with E-state index in [1.165, 1.54) is 19.9 Å². The molecule has 0 amide bonds. The van der Waals surface area contributed by atoms with E-state index in [0.717, 1.165) is 0 Å². The van der Waals surface area contributed by atoms with Gasteiger partial charge in [0.15, 0.2) is 0 Å². The van der Waals surface area contributed by atoms with Crippen LogP contribution in [0, 0.1) is 3.57 Å². The van der Waals surface area contributed by atoms with Crippen LogP contribution in [-0.4, -0.2) is 4.98 Å². The normalized spacial score (nSPS) is 11.1. The maximum absolute atomic E-state index is 4.19. The molecule has 0 spiro atoms. The second-order valence-corrected chi connectivity index (χ2v) is 4.87. The summed E-state index contributed by atoms with van der Waals surface area (Å²) in [6.07, 6.45) is 3.82. The molecule has 0 aliphatic rings. The smallest absolute Gasteiger partial charge is 0.0349 e. The Hall–Kier alpha value is -0.640. The first-order chi connectivity index (χ1) is 6.70. The van der Waals surface area contributed by atoms with Crippen LogP contribution < -0.4 is 0 Å². The first kappa shape index (κ1) is 9.90. The monoisotopic (exact) mass is 297 g/mol. The molecule has 0 N–H and O–H groups in total. The Morgan fingerprint density at radius 1 is 1.14 bits per heavy atom. The molecule has 1 heterocycles. The molecule has 0 radical (unpaired) electrons. The number of nitrogens with zero attached hydrogens (tertiary/aromatic N) is 1. The summed E-state index contributed by atoms with van der Waals surface area (Å²) in [6, 6.07) is 6.47. The lowest BCUT2D eigenvalue weighted by Crippen LogP contribution is -1.91. The summed E-state index contributed by atoms with van der Waals surface area (Å²) < 4.78 is 1.30. The maximum Gasteiger partial charge on any atom is 0.0349 e. The van der Waals surface area contributed by atoms with Gasteiger partial charge in [0.2, 0.25) is 0 Å². The van der Waals surface area contributed by atoms with Gasteiger partial charge in [-0.3, -0.25) is 4.98 Å². The third-order valence-electron chi connectivity index (χ3n) is 2.42. The van der Waals surface area contributed by atoms with E-state index < -0.39 is 0 Å². The second-order valence-electron chi connectivity index (χ2n) is 3.71. The summed E-state index contributed by atoms with van der Waals surface area (Å²) in [5.41, 5.74) is 1.38. The van der Waals surface area contributed by atoms with Gasteiger partial charge in [0, 0.05) is 21.4 Å². The molecule has 1 aromatic carbocycles. The van der Waals surface area contributed by atoms with Crippen molar-refractivity contribution in [2.45, 2.75) is 19.8 Å². The third kappa shape index (κ3) is 1.63. The van der Waals surface area contributed by atoms with E-state index in [1.54, 1.807) is 0 Å². The molecule has 0 saturated carbocycles. The molecule has 0 fully saturated rings. The number of benzene rings is 1. The Balaban J connectivity index is 2.82. The molecule has 14 heavy (non-hydrogen) atoms. The van der Waals surface area contributed by atoms with E-state index in [1.807, 2.05) is 12.4 Å². The summed E-state index contributed by atoms with van der Waals surface area (Å²) in [4.78, 5) is 4.19. The van der Waals surface area contributed by atoms with Crippen LogP contribution in [-0.2, 0) is 0 Å². The van der Waals surface area contributed by atoms with Crippen LogP contribution in [0.5, 0.6) is 0 Å². The molecule has 0 aliphatic heterocycles. The number of hydrogen-bond donors (Lipinski definition) is 0. The van der Waals surface area contributed by atoms with Gasteiger partial charge in [-0.15, -0.1) is 0 Å². The van der Waals surface area contributed by atoms with E-state index in [9.17, 15) is 0 Å². The molecule has 0 bridgehead atoms. The lowest BCUT2D eigenvalue weighted by atomic mass is 9.98. The Kier molecular flexibility index (Phi) is 2.72. The Morgan fingerprint density at radius 2 is 1.93 bits per heavy atom. The van der Waals surface area contributed by atoms with E-state index >= 15 is 0 Å². The number of hydrogen-bond acceptors (Lipinski definition) is 1. The van der Waals surface area contributed by atoms with Gasteiger partial charge in [-0.05, 0) is 51.6 Å². The Morgan fingerprint density at radius 3 is 2.64 bits per heavy atom. The van der Waals surface area contributed by atoms with Gasteiger partial charge in [-0.1, -0.05) is 19.9 Å². The zero-order chi connectivity index (χ0) is 10.1. The zero-order valence-electron chi connectivity index (χ0n) is 8.29. The van der Waals surface area contributed by atoms with Crippen LogP contribution in [0.1, 0.15) is 25.3 Å². The largest absolute Gasteiger partial charge is 0.264 e. The molecule has 1 nitrogen and oxygen atoms in total. The molecular weight excluding hydrogens is 285 g/mol. The number of fused-ring (bicyclic) bond motifs is 1. The summed E-state index contributed by atoms with van der Waals surface area (Å²) in [6.45, 7) is 4.43. The fourth-order valence-electron chi connectivity index (χ4n) is 1.68. The molecule has 0 saturated heterocycles. The first-order valence-corrected chi connectivity index (χ1v) is 5.80. The van der Waals surface area contributed by atoms with Crippen LogP contribution in [0.25, 0.3) is 10.8 Å². The SMILES string of the molecule is CC(C)c1ccc(I)c2ccncc12. The molecule has 2 aromatic rings. The van der Waals surface area contributed by atoms with Gasteiger partial charge in [0.1, 0.15) is 0 Å². The lowest BCUT2D eigenvalue weighted by molar-refractivity contribution is 0.875. The molecule has 2 heteroatoms. The summed E-state index contributed by atoms with van der Waals surface area (Å²) >= 11 is 2.37. The van der Waals surface area contributed by atoms with Crippen molar-refractivity contribution in [1.82, 2.24) is 4.98 Å². The predicted octanol–water partition coefficient (Wildman–Crippen LogP) is 3.96. The van der Waals surface area contributed by atoms with Gasteiger partial charge < -0.3 is 0 Å². The van der Waals surface area contributed by atoms with Crippen molar-refractivity contribution in [2.75, 3.05) is 0 Å². The predicted molar refractivity (Wildman–Crippen MR) is 68.5 cm³/mol. The van der Waals surface area contributed by atoms with Crippen LogP contribution in [0.3, 0.4) is 0 Å². The second kappa shape index (κ2) is 3.85. The fourth-order valence-corrected chi connectivity index (χ4v) is 2.33. The van der Waals surface area contributed by atoms with Gasteiger partial charge >= 0.3 is 0 Å². The average Bonchev–Trinajstić information content (AvgIpc) is 2.18. The number of pyridine rings is 1. The Labute approximate surface area is 97.7 Å². The first-order valence-electron chi connectivity index (χ1n) is 4.72. The van der Waals surface area contributed by atoms with E-state index in [-0.39, 0.29) is 0 Å². The van der Waals surface area contributed by atoms with Crippen LogP contribution in [0.4, 0.5) is 0 Å². The van der Waals surface area contributed by atoms with Crippen molar-refractivity contribution >= 4 is 33.4 Å². The summed E-state index contributed by atoms with van der Waals surface area (Å²) in [7, 11) is 0. The van der Waals surface area contributed by atoms with Gasteiger partial charge in [0.25, 0.3) is 0 Å². The van der Waals surface area contributed by atoms with Crippen molar-refractivity contribution in [3.63, 3.8) is 0 Å². The molecule has 2 rings (SSSR count). The number of halogens is 1. The quantitative estimate of drug-likeness (QED) is 0.726. The molecule has 0 unspecified atom stereocenters. The van der Waals surface area contributed by atoms with Crippen molar-refractivity contribution in [2.24, 2.45) is 0 Å². The van der Waals surface area contributed by atoms with Gasteiger partial charge in [-0.25, -0.2) is 0 Å². The van der Waals surface area contributed by atoms with E-state index in [4.69, 9.17) is 0 Å². The Bertz CT molecular complexity index is 463. The minimum absolute atomic E-state index is 0.554. The average molecular weight is 297 g/mol. The molecule has 0 atom stereocenters. The molecule has 0 aliphatic carbocycles. The highest BCUT2D eigenvalue weighted by atomic mass is 127. The van der Waals surface area contributed by atoms with E-state index in [2.05, 4.69) is 59.6 Å². The summed E-state index contributed by atoms with van der Waals surface area (Å²) in [5.74, 6) is 0.554. The van der Waals surface area contributed by atoms with Crippen LogP contribution in [0.2, 0.25) is 0 Å². The van der Waals surface area contributed by atoms with Crippen molar-refractivity contribution in [1.29, 1.82) is 0 Å². The molecule has 72 valence electrons. The third-order valence-corrected chi connectivity index (χ3v) is 3.36. The maximum atomic E-state index is 4.19. The fraction of sp³-hybridized carbons (Fsp3) is 0.250. The lowest BCUT2D eigenvalue weighted by Gasteiger charge is -2.10. The highest BCUT2D eigenvalue weighted by molar-refractivity contribution is 14.1. The van der Waals surface area contributed by atoms with Crippen LogP contribution in [0.15, 0.2) is 30.6 Å². The highest BCUT2D eigenvalue weighted by Gasteiger charge is 2.06. The zero-order valence-corrected chi connectivity index (χ0v) is 10.4.